The van der Waals surface area contributed by atoms with E-state index in [2.05, 4.69) is 0 Å². The monoisotopic (exact) mass is 371 g/mol. The summed E-state index contributed by atoms with van der Waals surface area (Å²) in [6, 6.07) is 17.6. The molecule has 0 amide bonds. The second kappa shape index (κ2) is 7.05. The molecule has 0 spiro atoms. The van der Waals surface area contributed by atoms with E-state index >= 15 is 0 Å². The zero-order valence-electron chi connectivity index (χ0n) is 13.5. The molecule has 3 aromatic carbocycles. The first-order valence-electron chi connectivity index (χ1n) is 7.67. The fourth-order valence-corrected chi connectivity index (χ4v) is 3.92. The highest BCUT2D eigenvalue weighted by Crippen LogP contribution is 2.25. The van der Waals surface area contributed by atoms with Crippen LogP contribution in [-0.2, 0) is 15.6 Å². The second-order valence-electron chi connectivity index (χ2n) is 5.72. The molecule has 7 heteroatoms. The van der Waals surface area contributed by atoms with Crippen molar-refractivity contribution in [1.82, 2.24) is 0 Å². The molecule has 0 radical (unpaired) electrons. The SMILES string of the molecule is O=[N+]([O-])c1ccc(CS(=O)(=O)c2cccc(-c3ccc(F)cc3)c2)cc1. The van der Waals surface area contributed by atoms with Gasteiger partial charge < -0.3 is 0 Å². The lowest BCUT2D eigenvalue weighted by molar-refractivity contribution is -0.384. The van der Waals surface area contributed by atoms with Gasteiger partial charge in [-0.25, -0.2) is 12.8 Å². The quantitative estimate of drug-likeness (QED) is 0.493. The molecule has 0 unspecified atom stereocenters. The molecule has 3 aromatic rings. The maximum absolute atomic E-state index is 13.1. The molecule has 0 aliphatic rings. The van der Waals surface area contributed by atoms with Gasteiger partial charge >= 0.3 is 0 Å². The van der Waals surface area contributed by atoms with Gasteiger partial charge in [0.1, 0.15) is 5.82 Å². The maximum atomic E-state index is 13.1. The number of benzene rings is 3. The van der Waals surface area contributed by atoms with Crippen molar-refractivity contribution in [2.45, 2.75) is 10.6 Å². The van der Waals surface area contributed by atoms with Crippen molar-refractivity contribution in [2.24, 2.45) is 0 Å². The van der Waals surface area contributed by atoms with E-state index in [-0.39, 0.29) is 22.2 Å². The van der Waals surface area contributed by atoms with E-state index in [4.69, 9.17) is 0 Å². The van der Waals surface area contributed by atoms with Gasteiger partial charge in [0, 0.05) is 12.1 Å². The minimum Gasteiger partial charge on any atom is -0.258 e. The zero-order valence-corrected chi connectivity index (χ0v) is 14.3. The molecule has 132 valence electrons. The Bertz CT molecular complexity index is 1050. The van der Waals surface area contributed by atoms with Gasteiger partial charge in [0.2, 0.25) is 0 Å². The molecular weight excluding hydrogens is 357 g/mol. The molecule has 5 nitrogen and oxygen atoms in total. The number of nitro benzene ring substituents is 1. The van der Waals surface area contributed by atoms with Gasteiger partial charge in [-0.3, -0.25) is 10.1 Å². The van der Waals surface area contributed by atoms with Gasteiger partial charge in [0.25, 0.3) is 5.69 Å². The highest BCUT2D eigenvalue weighted by Gasteiger charge is 2.17. The highest BCUT2D eigenvalue weighted by molar-refractivity contribution is 7.90. The van der Waals surface area contributed by atoms with Gasteiger partial charge in [-0.1, -0.05) is 36.4 Å². The van der Waals surface area contributed by atoms with E-state index in [1.807, 2.05) is 0 Å². The Balaban J connectivity index is 1.88. The van der Waals surface area contributed by atoms with Crippen molar-refractivity contribution >= 4 is 15.5 Å². The Morgan fingerprint density at radius 1 is 0.885 bits per heavy atom. The summed E-state index contributed by atoms with van der Waals surface area (Å²) in [6.45, 7) is 0. The first kappa shape index (κ1) is 17.8. The van der Waals surface area contributed by atoms with Crippen molar-refractivity contribution in [1.29, 1.82) is 0 Å². The highest BCUT2D eigenvalue weighted by atomic mass is 32.2. The van der Waals surface area contributed by atoms with Crippen LogP contribution in [0, 0.1) is 15.9 Å². The first-order chi connectivity index (χ1) is 12.3. The van der Waals surface area contributed by atoms with Crippen molar-refractivity contribution in [3.8, 4) is 11.1 Å². The van der Waals surface area contributed by atoms with E-state index in [1.165, 1.54) is 48.5 Å². The zero-order chi connectivity index (χ0) is 18.7. The Labute approximate surface area is 149 Å². The van der Waals surface area contributed by atoms with Crippen LogP contribution in [0.1, 0.15) is 5.56 Å². The molecule has 0 aromatic heterocycles. The molecule has 0 saturated heterocycles. The van der Waals surface area contributed by atoms with Crippen molar-refractivity contribution in [2.75, 3.05) is 0 Å². The van der Waals surface area contributed by atoms with Gasteiger partial charge in [-0.15, -0.1) is 0 Å². The standard InChI is InChI=1S/C19H14FNO4S/c20-17-8-6-15(7-9-17)16-2-1-3-19(12-16)26(24,25)13-14-4-10-18(11-5-14)21(22)23/h1-12H,13H2. The third-order valence-corrected chi connectivity index (χ3v) is 5.56. The third-order valence-electron chi connectivity index (χ3n) is 3.87. The number of hydrogen-bond acceptors (Lipinski definition) is 4. The van der Waals surface area contributed by atoms with Gasteiger partial charge in [0.05, 0.1) is 15.6 Å². The van der Waals surface area contributed by atoms with Crippen molar-refractivity contribution in [3.05, 3.63) is 94.3 Å². The molecule has 0 heterocycles. The second-order valence-corrected chi connectivity index (χ2v) is 7.71. The van der Waals surface area contributed by atoms with E-state index in [9.17, 15) is 22.9 Å². The van der Waals surface area contributed by atoms with Crippen LogP contribution in [0.5, 0.6) is 0 Å². The number of nitro groups is 1. The largest absolute Gasteiger partial charge is 0.269 e. The van der Waals surface area contributed by atoms with Crippen LogP contribution in [0.4, 0.5) is 10.1 Å². The van der Waals surface area contributed by atoms with E-state index in [0.717, 1.165) is 0 Å². The summed E-state index contributed by atoms with van der Waals surface area (Å²) >= 11 is 0. The number of non-ortho nitro benzene ring substituents is 1. The predicted octanol–water partition coefficient (Wildman–Crippen LogP) is 4.37. The Kier molecular flexibility index (Phi) is 4.81. The van der Waals surface area contributed by atoms with Crippen molar-refractivity contribution in [3.63, 3.8) is 0 Å². The lowest BCUT2D eigenvalue weighted by Gasteiger charge is -2.08. The predicted molar refractivity (Wildman–Crippen MR) is 95.8 cm³/mol. The topological polar surface area (TPSA) is 77.3 Å². The molecular formula is C19H14FNO4S. The summed E-state index contributed by atoms with van der Waals surface area (Å²) in [7, 11) is -3.63. The minimum atomic E-state index is -3.63. The summed E-state index contributed by atoms with van der Waals surface area (Å²) in [6.07, 6.45) is 0. The number of halogens is 1. The molecule has 0 N–H and O–H groups in total. The number of sulfone groups is 1. The smallest absolute Gasteiger partial charge is 0.258 e. The molecule has 0 atom stereocenters. The van der Waals surface area contributed by atoms with Crippen molar-refractivity contribution < 1.29 is 17.7 Å². The van der Waals surface area contributed by atoms with Gasteiger partial charge in [0.15, 0.2) is 9.84 Å². The van der Waals surface area contributed by atoms with E-state index < -0.39 is 14.8 Å². The molecule has 3 rings (SSSR count). The van der Waals surface area contributed by atoms with Crippen LogP contribution in [0.3, 0.4) is 0 Å². The fraction of sp³-hybridized carbons (Fsp3) is 0.0526. The van der Waals surface area contributed by atoms with Crippen LogP contribution in [0.25, 0.3) is 11.1 Å². The molecule has 0 bridgehead atoms. The number of rotatable bonds is 5. The summed E-state index contributed by atoms with van der Waals surface area (Å²) in [5, 5.41) is 10.7. The minimum absolute atomic E-state index is 0.0931. The molecule has 0 saturated carbocycles. The normalized spacial score (nSPS) is 11.3. The average molecular weight is 371 g/mol. The third kappa shape index (κ3) is 3.94. The lowest BCUT2D eigenvalue weighted by Crippen LogP contribution is -2.05. The van der Waals surface area contributed by atoms with E-state index in [1.54, 1.807) is 24.3 Å². The fourth-order valence-electron chi connectivity index (χ4n) is 2.53. The number of nitrogens with zero attached hydrogens (tertiary/aromatic N) is 1. The van der Waals surface area contributed by atoms with Crippen LogP contribution >= 0.6 is 0 Å². The van der Waals surface area contributed by atoms with Crippen LogP contribution in [-0.4, -0.2) is 13.3 Å². The van der Waals surface area contributed by atoms with Crippen LogP contribution < -0.4 is 0 Å². The van der Waals surface area contributed by atoms with Gasteiger partial charge in [-0.2, -0.15) is 0 Å². The Morgan fingerprint density at radius 2 is 1.54 bits per heavy atom. The molecule has 0 aliphatic heterocycles. The first-order valence-corrected chi connectivity index (χ1v) is 9.32. The molecule has 0 aliphatic carbocycles. The summed E-state index contributed by atoms with van der Waals surface area (Å²) < 4.78 is 38.4. The Hall–Kier alpha value is -3.06. The number of hydrogen-bond donors (Lipinski definition) is 0. The van der Waals surface area contributed by atoms with Gasteiger partial charge in [-0.05, 0) is 41.0 Å². The maximum Gasteiger partial charge on any atom is 0.269 e. The van der Waals surface area contributed by atoms with E-state index in [0.29, 0.717) is 16.7 Å². The Morgan fingerprint density at radius 3 is 2.15 bits per heavy atom. The van der Waals surface area contributed by atoms with Crippen LogP contribution in [0.15, 0.2) is 77.7 Å². The molecule has 26 heavy (non-hydrogen) atoms. The summed E-state index contributed by atoms with van der Waals surface area (Å²) in [5.41, 5.74) is 1.74. The average Bonchev–Trinajstić information content (AvgIpc) is 2.62. The summed E-state index contributed by atoms with van der Waals surface area (Å²) in [4.78, 5) is 10.3. The van der Waals surface area contributed by atoms with Crippen LogP contribution in [0.2, 0.25) is 0 Å². The summed E-state index contributed by atoms with van der Waals surface area (Å²) in [5.74, 6) is -0.631. The lowest BCUT2D eigenvalue weighted by atomic mass is 10.1. The molecule has 0 fully saturated rings.